The minimum atomic E-state index is -0.147. The summed E-state index contributed by atoms with van der Waals surface area (Å²) in [5, 5.41) is 2.65. The SMILES string of the molecule is C=C(C)C(=O)NCc1ncc[nH]1. The largest absolute Gasteiger partial charge is 0.347 e. The molecule has 0 atom stereocenters. The second-order valence-corrected chi connectivity index (χ2v) is 2.50. The molecule has 4 nitrogen and oxygen atoms in total. The highest BCUT2D eigenvalue weighted by Gasteiger charge is 2.01. The van der Waals surface area contributed by atoms with Crippen molar-refractivity contribution in [3.05, 3.63) is 30.4 Å². The van der Waals surface area contributed by atoms with Gasteiger partial charge in [-0.15, -0.1) is 0 Å². The van der Waals surface area contributed by atoms with E-state index in [2.05, 4.69) is 21.9 Å². The van der Waals surface area contributed by atoms with Crippen molar-refractivity contribution >= 4 is 5.91 Å². The Kier molecular flexibility index (Phi) is 2.63. The van der Waals surface area contributed by atoms with Gasteiger partial charge in [-0.25, -0.2) is 4.98 Å². The van der Waals surface area contributed by atoms with Crippen molar-refractivity contribution in [2.45, 2.75) is 13.5 Å². The minimum Gasteiger partial charge on any atom is -0.347 e. The van der Waals surface area contributed by atoms with Crippen molar-refractivity contribution < 1.29 is 4.79 Å². The van der Waals surface area contributed by atoms with Crippen molar-refractivity contribution in [1.29, 1.82) is 0 Å². The van der Waals surface area contributed by atoms with E-state index in [1.165, 1.54) is 0 Å². The van der Waals surface area contributed by atoms with Crippen molar-refractivity contribution in [2.24, 2.45) is 0 Å². The van der Waals surface area contributed by atoms with Crippen LogP contribution in [0.4, 0.5) is 0 Å². The Morgan fingerprint density at radius 2 is 2.58 bits per heavy atom. The maximum atomic E-state index is 11.0. The number of carbonyl (C=O) groups is 1. The predicted octanol–water partition coefficient (Wildman–Crippen LogP) is 0.602. The number of imidazole rings is 1. The number of aromatic amines is 1. The zero-order chi connectivity index (χ0) is 8.97. The third-order valence-corrected chi connectivity index (χ3v) is 1.36. The van der Waals surface area contributed by atoms with Gasteiger partial charge in [-0.05, 0) is 6.92 Å². The molecule has 1 rings (SSSR count). The van der Waals surface area contributed by atoms with Crippen molar-refractivity contribution in [1.82, 2.24) is 15.3 Å². The van der Waals surface area contributed by atoms with Gasteiger partial charge in [0.2, 0.25) is 5.91 Å². The Hall–Kier alpha value is -1.58. The van der Waals surface area contributed by atoms with Crippen LogP contribution in [0.2, 0.25) is 0 Å². The van der Waals surface area contributed by atoms with E-state index in [0.29, 0.717) is 12.1 Å². The highest BCUT2D eigenvalue weighted by atomic mass is 16.1. The summed E-state index contributed by atoms with van der Waals surface area (Å²) in [6.45, 7) is 5.59. The predicted molar refractivity (Wildman–Crippen MR) is 45.2 cm³/mol. The molecule has 64 valence electrons. The Bertz CT molecular complexity index is 277. The molecule has 0 aliphatic rings. The maximum absolute atomic E-state index is 11.0. The molecule has 0 fully saturated rings. The van der Waals surface area contributed by atoms with Gasteiger partial charge in [-0.3, -0.25) is 4.79 Å². The van der Waals surface area contributed by atoms with Gasteiger partial charge in [-0.2, -0.15) is 0 Å². The lowest BCUT2D eigenvalue weighted by Crippen LogP contribution is -2.23. The van der Waals surface area contributed by atoms with E-state index in [4.69, 9.17) is 0 Å². The number of carbonyl (C=O) groups excluding carboxylic acids is 1. The van der Waals surface area contributed by atoms with E-state index < -0.39 is 0 Å². The second-order valence-electron chi connectivity index (χ2n) is 2.50. The number of hydrogen-bond donors (Lipinski definition) is 2. The standard InChI is InChI=1S/C8H11N3O/c1-6(2)8(12)11-5-7-9-3-4-10-7/h3-4H,1,5H2,2H3,(H,9,10)(H,11,12). The normalized spacial score (nSPS) is 9.42. The first-order valence-electron chi connectivity index (χ1n) is 3.62. The number of nitrogens with zero attached hydrogens (tertiary/aromatic N) is 1. The molecule has 1 aromatic rings. The lowest BCUT2D eigenvalue weighted by molar-refractivity contribution is -0.117. The summed E-state index contributed by atoms with van der Waals surface area (Å²) in [6, 6.07) is 0. The fraction of sp³-hybridized carbons (Fsp3) is 0.250. The average molecular weight is 165 g/mol. The summed E-state index contributed by atoms with van der Waals surface area (Å²) < 4.78 is 0. The summed E-state index contributed by atoms with van der Waals surface area (Å²) in [5.74, 6) is 0.594. The molecule has 0 spiro atoms. The lowest BCUT2D eigenvalue weighted by Gasteiger charge is -2.00. The Morgan fingerprint density at radius 1 is 1.83 bits per heavy atom. The fourth-order valence-electron chi connectivity index (χ4n) is 0.710. The number of amides is 1. The van der Waals surface area contributed by atoms with Crippen molar-refractivity contribution in [3.8, 4) is 0 Å². The molecule has 0 aromatic carbocycles. The molecular formula is C8H11N3O. The van der Waals surface area contributed by atoms with Gasteiger partial charge in [-0.1, -0.05) is 6.58 Å². The topological polar surface area (TPSA) is 57.8 Å². The zero-order valence-corrected chi connectivity index (χ0v) is 6.92. The van der Waals surface area contributed by atoms with Crippen LogP contribution in [-0.2, 0) is 11.3 Å². The van der Waals surface area contributed by atoms with Gasteiger partial charge in [0.25, 0.3) is 0 Å². The number of H-pyrrole nitrogens is 1. The van der Waals surface area contributed by atoms with Gasteiger partial charge < -0.3 is 10.3 Å². The summed E-state index contributed by atoms with van der Waals surface area (Å²) in [6.07, 6.45) is 3.35. The molecule has 0 bridgehead atoms. The highest BCUT2D eigenvalue weighted by Crippen LogP contribution is 1.90. The van der Waals surface area contributed by atoms with Crippen LogP contribution in [0, 0.1) is 0 Å². The molecule has 4 heteroatoms. The summed E-state index contributed by atoms with van der Waals surface area (Å²) in [5.41, 5.74) is 0.501. The van der Waals surface area contributed by atoms with Gasteiger partial charge in [0.1, 0.15) is 5.82 Å². The van der Waals surface area contributed by atoms with Crippen molar-refractivity contribution in [2.75, 3.05) is 0 Å². The first kappa shape index (κ1) is 8.52. The summed E-state index contributed by atoms with van der Waals surface area (Å²) >= 11 is 0. The molecule has 12 heavy (non-hydrogen) atoms. The molecule has 1 heterocycles. The van der Waals surface area contributed by atoms with E-state index in [1.807, 2.05) is 0 Å². The van der Waals surface area contributed by atoms with E-state index in [-0.39, 0.29) is 5.91 Å². The Morgan fingerprint density at radius 3 is 3.08 bits per heavy atom. The first-order chi connectivity index (χ1) is 5.70. The molecule has 0 saturated carbocycles. The van der Waals surface area contributed by atoms with Crippen LogP contribution in [0.1, 0.15) is 12.7 Å². The van der Waals surface area contributed by atoms with E-state index in [9.17, 15) is 4.79 Å². The Labute approximate surface area is 70.7 Å². The Balaban J connectivity index is 2.37. The van der Waals surface area contributed by atoms with Crippen LogP contribution < -0.4 is 5.32 Å². The average Bonchev–Trinajstić information content (AvgIpc) is 2.51. The van der Waals surface area contributed by atoms with Crippen LogP contribution in [0.15, 0.2) is 24.5 Å². The fourth-order valence-corrected chi connectivity index (χ4v) is 0.710. The number of nitrogens with one attached hydrogen (secondary N) is 2. The third kappa shape index (κ3) is 2.23. The molecule has 0 saturated heterocycles. The second kappa shape index (κ2) is 3.71. The minimum absolute atomic E-state index is 0.147. The quantitative estimate of drug-likeness (QED) is 0.644. The van der Waals surface area contributed by atoms with Crippen LogP contribution in [-0.4, -0.2) is 15.9 Å². The smallest absolute Gasteiger partial charge is 0.246 e. The van der Waals surface area contributed by atoms with Gasteiger partial charge >= 0.3 is 0 Å². The molecule has 0 aliphatic heterocycles. The molecule has 0 unspecified atom stereocenters. The number of hydrogen-bond acceptors (Lipinski definition) is 2. The van der Waals surface area contributed by atoms with Gasteiger partial charge in [0.05, 0.1) is 6.54 Å². The third-order valence-electron chi connectivity index (χ3n) is 1.36. The zero-order valence-electron chi connectivity index (χ0n) is 6.92. The first-order valence-corrected chi connectivity index (χ1v) is 3.62. The van der Waals surface area contributed by atoms with E-state index in [0.717, 1.165) is 5.82 Å². The highest BCUT2D eigenvalue weighted by molar-refractivity contribution is 5.91. The molecule has 0 aliphatic carbocycles. The van der Waals surface area contributed by atoms with Crippen LogP contribution in [0.3, 0.4) is 0 Å². The molecule has 2 N–H and O–H groups in total. The molecule has 1 amide bonds. The number of aromatic nitrogens is 2. The summed E-state index contributed by atoms with van der Waals surface area (Å²) in [4.78, 5) is 17.8. The molecule has 0 radical (unpaired) electrons. The molecular weight excluding hydrogens is 154 g/mol. The van der Waals surface area contributed by atoms with Gasteiger partial charge in [0, 0.05) is 18.0 Å². The lowest BCUT2D eigenvalue weighted by atomic mass is 10.3. The number of rotatable bonds is 3. The monoisotopic (exact) mass is 165 g/mol. The maximum Gasteiger partial charge on any atom is 0.246 e. The van der Waals surface area contributed by atoms with Crippen LogP contribution >= 0.6 is 0 Å². The van der Waals surface area contributed by atoms with E-state index in [1.54, 1.807) is 19.3 Å². The van der Waals surface area contributed by atoms with Crippen LogP contribution in [0.25, 0.3) is 0 Å². The van der Waals surface area contributed by atoms with Crippen molar-refractivity contribution in [3.63, 3.8) is 0 Å². The van der Waals surface area contributed by atoms with Crippen LogP contribution in [0.5, 0.6) is 0 Å². The summed E-state index contributed by atoms with van der Waals surface area (Å²) in [7, 11) is 0. The van der Waals surface area contributed by atoms with Gasteiger partial charge in [0.15, 0.2) is 0 Å². The molecule has 1 aromatic heterocycles. The van der Waals surface area contributed by atoms with E-state index >= 15 is 0 Å².